The molecule has 0 aliphatic rings. The molecular weight excluding hydrogens is 355 g/mol. The van der Waals surface area contributed by atoms with E-state index in [1.807, 2.05) is 30.3 Å². The van der Waals surface area contributed by atoms with E-state index in [0.29, 0.717) is 18.2 Å². The SMILES string of the molecule is O=C(Nc1ccc(F)c(Cl)c1)c1ccnc(NCCc2ccccc2)n1. The van der Waals surface area contributed by atoms with E-state index in [2.05, 4.69) is 20.6 Å². The summed E-state index contributed by atoms with van der Waals surface area (Å²) in [5.41, 5.74) is 1.78. The van der Waals surface area contributed by atoms with Gasteiger partial charge in [0.2, 0.25) is 5.95 Å². The number of hydrogen-bond donors (Lipinski definition) is 2. The van der Waals surface area contributed by atoms with E-state index >= 15 is 0 Å². The second-order valence-electron chi connectivity index (χ2n) is 5.51. The number of amides is 1. The molecule has 26 heavy (non-hydrogen) atoms. The number of benzene rings is 2. The van der Waals surface area contributed by atoms with E-state index < -0.39 is 11.7 Å². The highest BCUT2D eigenvalue weighted by Crippen LogP contribution is 2.19. The maximum absolute atomic E-state index is 13.2. The Bertz CT molecular complexity index is 905. The number of rotatable bonds is 6. The van der Waals surface area contributed by atoms with Crippen LogP contribution in [-0.4, -0.2) is 22.4 Å². The van der Waals surface area contributed by atoms with E-state index in [0.717, 1.165) is 6.42 Å². The number of carbonyl (C=O) groups excluding carboxylic acids is 1. The summed E-state index contributed by atoms with van der Waals surface area (Å²) in [7, 11) is 0. The van der Waals surface area contributed by atoms with E-state index in [-0.39, 0.29) is 10.7 Å². The van der Waals surface area contributed by atoms with Crippen LogP contribution in [0.1, 0.15) is 16.1 Å². The van der Waals surface area contributed by atoms with Crippen molar-refractivity contribution in [2.45, 2.75) is 6.42 Å². The van der Waals surface area contributed by atoms with Gasteiger partial charge in [0, 0.05) is 18.4 Å². The summed E-state index contributed by atoms with van der Waals surface area (Å²) in [5, 5.41) is 5.66. The molecule has 3 rings (SSSR count). The average molecular weight is 371 g/mol. The Hall–Kier alpha value is -2.99. The minimum atomic E-state index is -0.545. The van der Waals surface area contributed by atoms with Crippen LogP contribution in [0.25, 0.3) is 0 Å². The van der Waals surface area contributed by atoms with E-state index in [1.165, 1.54) is 36.0 Å². The third kappa shape index (κ3) is 4.77. The van der Waals surface area contributed by atoms with Crippen molar-refractivity contribution in [3.63, 3.8) is 0 Å². The van der Waals surface area contributed by atoms with Crippen molar-refractivity contribution in [3.05, 3.63) is 82.9 Å². The molecule has 2 N–H and O–H groups in total. The maximum Gasteiger partial charge on any atom is 0.274 e. The monoisotopic (exact) mass is 370 g/mol. The van der Waals surface area contributed by atoms with Crippen LogP contribution in [0.2, 0.25) is 5.02 Å². The lowest BCUT2D eigenvalue weighted by Crippen LogP contribution is -2.16. The summed E-state index contributed by atoms with van der Waals surface area (Å²) in [6.45, 7) is 0.642. The summed E-state index contributed by atoms with van der Waals surface area (Å²) in [4.78, 5) is 20.6. The normalized spacial score (nSPS) is 10.4. The molecule has 0 atom stereocenters. The number of nitrogens with one attached hydrogen (secondary N) is 2. The zero-order chi connectivity index (χ0) is 18.4. The summed E-state index contributed by atoms with van der Waals surface area (Å²) >= 11 is 5.71. The minimum absolute atomic E-state index is 0.0613. The number of aromatic nitrogens is 2. The topological polar surface area (TPSA) is 66.9 Å². The molecule has 132 valence electrons. The highest BCUT2D eigenvalue weighted by atomic mass is 35.5. The molecule has 0 aliphatic heterocycles. The Balaban J connectivity index is 1.60. The molecule has 0 radical (unpaired) electrons. The van der Waals surface area contributed by atoms with Crippen LogP contribution >= 0.6 is 11.6 Å². The molecule has 0 bridgehead atoms. The van der Waals surface area contributed by atoms with Crippen molar-refractivity contribution in [1.82, 2.24) is 9.97 Å². The van der Waals surface area contributed by atoms with Crippen molar-refractivity contribution in [3.8, 4) is 0 Å². The Kier molecular flexibility index (Phi) is 5.76. The molecule has 0 saturated carbocycles. The van der Waals surface area contributed by atoms with Crippen LogP contribution < -0.4 is 10.6 Å². The standard InChI is InChI=1S/C19H16ClFN4O/c20-15-12-14(6-7-16(15)21)24-18(26)17-9-11-23-19(25-17)22-10-8-13-4-2-1-3-5-13/h1-7,9,11-12H,8,10H2,(H,24,26)(H,22,23,25). The van der Waals surface area contributed by atoms with Crippen LogP contribution in [0.3, 0.4) is 0 Å². The fourth-order valence-electron chi connectivity index (χ4n) is 2.30. The zero-order valence-electron chi connectivity index (χ0n) is 13.7. The van der Waals surface area contributed by atoms with Crippen molar-refractivity contribution >= 4 is 29.1 Å². The Labute approximate surface area is 155 Å². The summed E-state index contributed by atoms with van der Waals surface area (Å²) in [5.74, 6) is -0.608. The molecular formula is C19H16ClFN4O. The summed E-state index contributed by atoms with van der Waals surface area (Å²) < 4.78 is 13.2. The van der Waals surface area contributed by atoms with Crippen LogP contribution in [0.4, 0.5) is 16.0 Å². The Morgan fingerprint density at radius 3 is 2.69 bits per heavy atom. The van der Waals surface area contributed by atoms with Crippen molar-refractivity contribution < 1.29 is 9.18 Å². The molecule has 5 nitrogen and oxygen atoms in total. The molecule has 2 aromatic carbocycles. The van der Waals surface area contributed by atoms with Gasteiger partial charge in [-0.1, -0.05) is 41.9 Å². The van der Waals surface area contributed by atoms with Crippen molar-refractivity contribution in [2.24, 2.45) is 0 Å². The van der Waals surface area contributed by atoms with Gasteiger partial charge in [-0.3, -0.25) is 4.79 Å². The van der Waals surface area contributed by atoms with Gasteiger partial charge in [0.15, 0.2) is 0 Å². The predicted octanol–water partition coefficient (Wildman–Crippen LogP) is 4.18. The molecule has 0 aliphatic carbocycles. The molecule has 1 heterocycles. The summed E-state index contributed by atoms with van der Waals surface area (Å²) in [6, 6.07) is 15.5. The highest BCUT2D eigenvalue weighted by Gasteiger charge is 2.10. The van der Waals surface area contributed by atoms with Crippen LogP contribution in [0, 0.1) is 5.82 Å². The lowest BCUT2D eigenvalue weighted by atomic mass is 10.1. The third-order valence-electron chi connectivity index (χ3n) is 3.61. The molecule has 0 unspecified atom stereocenters. The van der Waals surface area contributed by atoms with Gasteiger partial charge in [0.25, 0.3) is 5.91 Å². The van der Waals surface area contributed by atoms with Gasteiger partial charge >= 0.3 is 0 Å². The van der Waals surface area contributed by atoms with Crippen molar-refractivity contribution in [2.75, 3.05) is 17.2 Å². The molecule has 0 fully saturated rings. The second-order valence-corrected chi connectivity index (χ2v) is 5.92. The first-order valence-corrected chi connectivity index (χ1v) is 8.37. The smallest absolute Gasteiger partial charge is 0.274 e. The average Bonchev–Trinajstić information content (AvgIpc) is 2.66. The maximum atomic E-state index is 13.2. The van der Waals surface area contributed by atoms with Gasteiger partial charge in [0.1, 0.15) is 11.5 Å². The molecule has 0 saturated heterocycles. The third-order valence-corrected chi connectivity index (χ3v) is 3.89. The fraction of sp³-hybridized carbons (Fsp3) is 0.105. The number of halogens is 2. The van der Waals surface area contributed by atoms with Gasteiger partial charge < -0.3 is 10.6 Å². The van der Waals surface area contributed by atoms with Crippen LogP contribution in [0.15, 0.2) is 60.8 Å². The number of nitrogens with zero attached hydrogens (tertiary/aromatic N) is 2. The molecule has 1 amide bonds. The minimum Gasteiger partial charge on any atom is -0.354 e. The largest absolute Gasteiger partial charge is 0.354 e. The molecule has 3 aromatic rings. The first-order valence-electron chi connectivity index (χ1n) is 7.99. The van der Waals surface area contributed by atoms with Crippen LogP contribution in [0.5, 0.6) is 0 Å². The Morgan fingerprint density at radius 2 is 1.92 bits per heavy atom. The van der Waals surface area contributed by atoms with Crippen molar-refractivity contribution in [1.29, 1.82) is 0 Å². The zero-order valence-corrected chi connectivity index (χ0v) is 14.5. The number of carbonyl (C=O) groups is 1. The van der Waals surface area contributed by atoms with E-state index in [9.17, 15) is 9.18 Å². The lowest BCUT2D eigenvalue weighted by molar-refractivity contribution is 0.102. The second kappa shape index (κ2) is 8.40. The Morgan fingerprint density at radius 1 is 1.12 bits per heavy atom. The highest BCUT2D eigenvalue weighted by molar-refractivity contribution is 6.31. The van der Waals surface area contributed by atoms with E-state index in [1.54, 1.807) is 0 Å². The number of hydrogen-bond acceptors (Lipinski definition) is 4. The summed E-state index contributed by atoms with van der Waals surface area (Å²) in [6.07, 6.45) is 2.32. The van der Waals surface area contributed by atoms with Gasteiger partial charge in [-0.05, 0) is 36.2 Å². The van der Waals surface area contributed by atoms with Gasteiger partial charge in [-0.15, -0.1) is 0 Å². The van der Waals surface area contributed by atoms with Gasteiger partial charge in [0.05, 0.1) is 5.02 Å². The quantitative estimate of drug-likeness (QED) is 0.683. The fourth-order valence-corrected chi connectivity index (χ4v) is 2.48. The molecule has 1 aromatic heterocycles. The van der Waals surface area contributed by atoms with Gasteiger partial charge in [-0.25, -0.2) is 14.4 Å². The number of anilines is 2. The first-order chi connectivity index (χ1) is 12.6. The van der Waals surface area contributed by atoms with Gasteiger partial charge in [-0.2, -0.15) is 0 Å². The molecule has 7 heteroatoms. The van der Waals surface area contributed by atoms with Crippen LogP contribution in [-0.2, 0) is 6.42 Å². The first kappa shape index (κ1) is 17.8. The lowest BCUT2D eigenvalue weighted by Gasteiger charge is -2.08. The predicted molar refractivity (Wildman–Crippen MR) is 100 cm³/mol. The molecule has 0 spiro atoms. The van der Waals surface area contributed by atoms with E-state index in [4.69, 9.17) is 11.6 Å².